The van der Waals surface area contributed by atoms with Crippen molar-refractivity contribution in [1.29, 1.82) is 0 Å². The Kier molecular flexibility index (Phi) is 6.68. The highest BCUT2D eigenvalue weighted by atomic mass is 16.2. The first-order valence-corrected chi connectivity index (χ1v) is 7.32. The number of rotatable bonds is 7. The highest BCUT2D eigenvalue weighted by molar-refractivity contribution is 5.82. The van der Waals surface area contributed by atoms with Crippen molar-refractivity contribution in [2.45, 2.75) is 52.6 Å². The van der Waals surface area contributed by atoms with Gasteiger partial charge in [0.05, 0.1) is 5.92 Å². The van der Waals surface area contributed by atoms with Crippen molar-refractivity contribution < 1.29 is 4.79 Å². The maximum Gasteiger partial charge on any atom is 0.241 e. The summed E-state index contributed by atoms with van der Waals surface area (Å²) in [4.78, 5) is 14.0. The molecule has 1 unspecified atom stereocenters. The molecule has 0 heterocycles. The summed E-state index contributed by atoms with van der Waals surface area (Å²) in [7, 11) is 0. The lowest BCUT2D eigenvalue weighted by atomic mass is 9.99. The molecule has 1 atom stereocenters. The molecule has 4 nitrogen and oxygen atoms in total. The molecule has 0 radical (unpaired) electrons. The Bertz CT molecular complexity index is 414. The van der Waals surface area contributed by atoms with Crippen LogP contribution in [-0.4, -0.2) is 23.4 Å². The molecule has 0 bridgehead atoms. The number of nitrogens with two attached hydrogens (primary N) is 1. The predicted octanol–water partition coefficient (Wildman–Crippen LogP) is 2.40. The van der Waals surface area contributed by atoms with E-state index < -0.39 is 0 Å². The molecule has 112 valence electrons. The molecule has 0 saturated heterocycles. The van der Waals surface area contributed by atoms with Crippen molar-refractivity contribution in [2.24, 2.45) is 5.84 Å². The summed E-state index contributed by atoms with van der Waals surface area (Å²) in [6.45, 7) is 10.5. The molecule has 0 spiro atoms. The summed E-state index contributed by atoms with van der Waals surface area (Å²) in [6, 6.07) is 8.76. The molecular weight excluding hydrogens is 250 g/mol. The summed E-state index contributed by atoms with van der Waals surface area (Å²) in [5.41, 5.74) is 4.46. The van der Waals surface area contributed by atoms with Crippen LogP contribution in [0.1, 0.15) is 51.2 Å². The number of benzene rings is 1. The zero-order valence-corrected chi connectivity index (χ0v) is 13.0. The van der Waals surface area contributed by atoms with E-state index in [-0.39, 0.29) is 11.8 Å². The lowest BCUT2D eigenvalue weighted by Crippen LogP contribution is -2.33. The molecule has 0 aliphatic heterocycles. The van der Waals surface area contributed by atoms with Crippen molar-refractivity contribution in [3.8, 4) is 0 Å². The van der Waals surface area contributed by atoms with Crippen molar-refractivity contribution >= 4 is 5.91 Å². The zero-order valence-electron chi connectivity index (χ0n) is 13.0. The first-order valence-electron chi connectivity index (χ1n) is 7.32. The number of hydrazine groups is 1. The molecule has 1 aromatic carbocycles. The number of nitrogens with zero attached hydrogens (tertiary/aromatic N) is 1. The van der Waals surface area contributed by atoms with Gasteiger partial charge in [-0.25, -0.2) is 5.84 Å². The van der Waals surface area contributed by atoms with Gasteiger partial charge in [0.1, 0.15) is 0 Å². The lowest BCUT2D eigenvalue weighted by molar-refractivity contribution is -0.122. The molecule has 1 amide bonds. The Hall–Kier alpha value is -1.39. The third-order valence-electron chi connectivity index (χ3n) is 3.64. The van der Waals surface area contributed by atoms with Crippen LogP contribution in [0.25, 0.3) is 0 Å². The minimum Gasteiger partial charge on any atom is -0.297 e. The molecular formula is C16H27N3O. The number of amides is 1. The second kappa shape index (κ2) is 8.02. The van der Waals surface area contributed by atoms with Crippen LogP contribution < -0.4 is 11.3 Å². The molecule has 0 aliphatic rings. The molecule has 1 rings (SSSR count). The fourth-order valence-electron chi connectivity index (χ4n) is 2.23. The van der Waals surface area contributed by atoms with Crippen LogP contribution in [0.15, 0.2) is 24.3 Å². The summed E-state index contributed by atoms with van der Waals surface area (Å²) in [6.07, 6.45) is 1.16. The van der Waals surface area contributed by atoms with E-state index in [0.717, 1.165) is 25.1 Å². The molecule has 20 heavy (non-hydrogen) atoms. The standard InChI is InChI=1S/C16H27N3O/c1-5-10-19(12(2)3)11-14-6-8-15(9-7-14)13(4)16(20)18-17/h6-9,12-13H,5,10-11,17H2,1-4H3,(H,18,20). The van der Waals surface area contributed by atoms with Gasteiger partial charge in [-0.3, -0.25) is 15.1 Å². The molecule has 0 aromatic heterocycles. The smallest absolute Gasteiger partial charge is 0.241 e. The van der Waals surface area contributed by atoms with Crippen molar-refractivity contribution in [1.82, 2.24) is 10.3 Å². The van der Waals surface area contributed by atoms with Gasteiger partial charge in [0.2, 0.25) is 5.91 Å². The molecule has 3 N–H and O–H groups in total. The van der Waals surface area contributed by atoms with E-state index >= 15 is 0 Å². The molecule has 0 aliphatic carbocycles. The topological polar surface area (TPSA) is 58.4 Å². The molecule has 0 fully saturated rings. The number of hydrogen-bond acceptors (Lipinski definition) is 3. The second-order valence-electron chi connectivity index (χ2n) is 5.54. The minimum atomic E-state index is -0.217. The van der Waals surface area contributed by atoms with Gasteiger partial charge in [0, 0.05) is 12.6 Å². The Morgan fingerprint density at radius 1 is 1.25 bits per heavy atom. The summed E-state index contributed by atoms with van der Waals surface area (Å²) in [5.74, 6) is 4.79. The van der Waals surface area contributed by atoms with Gasteiger partial charge in [-0.15, -0.1) is 0 Å². The SMILES string of the molecule is CCCN(Cc1ccc(C(C)C(=O)NN)cc1)C(C)C. The fraction of sp³-hybridized carbons (Fsp3) is 0.562. The van der Waals surface area contributed by atoms with E-state index in [4.69, 9.17) is 5.84 Å². The predicted molar refractivity (Wildman–Crippen MR) is 83.0 cm³/mol. The fourth-order valence-corrected chi connectivity index (χ4v) is 2.23. The van der Waals surface area contributed by atoms with E-state index in [9.17, 15) is 4.79 Å². The monoisotopic (exact) mass is 277 g/mol. The maximum atomic E-state index is 11.5. The Balaban J connectivity index is 2.73. The first kappa shape index (κ1) is 16.7. The lowest BCUT2D eigenvalue weighted by Gasteiger charge is -2.26. The van der Waals surface area contributed by atoms with E-state index in [1.165, 1.54) is 5.56 Å². The molecule has 0 saturated carbocycles. The van der Waals surface area contributed by atoms with E-state index in [1.54, 1.807) is 0 Å². The quantitative estimate of drug-likeness (QED) is 0.457. The van der Waals surface area contributed by atoms with Crippen LogP contribution in [-0.2, 0) is 11.3 Å². The average molecular weight is 277 g/mol. The van der Waals surface area contributed by atoms with Crippen LogP contribution in [0.3, 0.4) is 0 Å². The summed E-state index contributed by atoms with van der Waals surface area (Å²) >= 11 is 0. The van der Waals surface area contributed by atoms with Crippen LogP contribution in [0.5, 0.6) is 0 Å². The van der Waals surface area contributed by atoms with Crippen molar-refractivity contribution in [3.05, 3.63) is 35.4 Å². The third-order valence-corrected chi connectivity index (χ3v) is 3.64. The number of nitrogens with one attached hydrogen (secondary N) is 1. The summed E-state index contributed by atoms with van der Waals surface area (Å²) in [5, 5.41) is 0. The molecule has 1 aromatic rings. The Morgan fingerprint density at radius 2 is 1.85 bits per heavy atom. The zero-order chi connectivity index (χ0) is 15.1. The van der Waals surface area contributed by atoms with Crippen LogP contribution in [0, 0.1) is 0 Å². The maximum absolute atomic E-state index is 11.5. The normalized spacial score (nSPS) is 12.8. The highest BCUT2D eigenvalue weighted by Crippen LogP contribution is 2.17. The summed E-state index contributed by atoms with van der Waals surface area (Å²) < 4.78 is 0. The Morgan fingerprint density at radius 3 is 2.30 bits per heavy atom. The minimum absolute atomic E-state index is 0.160. The highest BCUT2D eigenvalue weighted by Gasteiger charge is 2.14. The van der Waals surface area contributed by atoms with Gasteiger partial charge in [0.15, 0.2) is 0 Å². The van der Waals surface area contributed by atoms with Crippen molar-refractivity contribution in [3.63, 3.8) is 0 Å². The molecule has 4 heteroatoms. The van der Waals surface area contributed by atoms with Gasteiger partial charge in [-0.05, 0) is 44.9 Å². The van der Waals surface area contributed by atoms with Crippen molar-refractivity contribution in [2.75, 3.05) is 6.54 Å². The van der Waals surface area contributed by atoms with E-state index in [0.29, 0.717) is 6.04 Å². The number of carbonyl (C=O) groups excluding carboxylic acids is 1. The van der Waals surface area contributed by atoms with Gasteiger partial charge in [0.25, 0.3) is 0 Å². The average Bonchev–Trinajstić information content (AvgIpc) is 2.45. The van der Waals surface area contributed by atoms with Crippen LogP contribution in [0.2, 0.25) is 0 Å². The number of hydrogen-bond donors (Lipinski definition) is 2. The Labute approximate surface area is 122 Å². The van der Waals surface area contributed by atoms with Gasteiger partial charge in [-0.1, -0.05) is 31.2 Å². The largest absolute Gasteiger partial charge is 0.297 e. The number of carbonyl (C=O) groups is 1. The van der Waals surface area contributed by atoms with E-state index in [1.807, 2.05) is 19.1 Å². The van der Waals surface area contributed by atoms with Gasteiger partial charge < -0.3 is 0 Å². The van der Waals surface area contributed by atoms with Gasteiger partial charge in [-0.2, -0.15) is 0 Å². The first-order chi connectivity index (χ1) is 9.49. The van der Waals surface area contributed by atoms with E-state index in [2.05, 4.69) is 43.2 Å². The van der Waals surface area contributed by atoms with Gasteiger partial charge >= 0.3 is 0 Å². The van der Waals surface area contributed by atoms with Crippen LogP contribution >= 0.6 is 0 Å². The third kappa shape index (κ3) is 4.62. The second-order valence-corrected chi connectivity index (χ2v) is 5.54. The van der Waals surface area contributed by atoms with Crippen LogP contribution in [0.4, 0.5) is 0 Å².